The number of aryl methyl sites for hydroxylation is 5. The molecule has 19 heteroatoms. The predicted molar refractivity (Wildman–Crippen MR) is 153 cm³/mol. The van der Waals surface area contributed by atoms with Gasteiger partial charge in [-0.05, 0) is 13.8 Å². The smallest absolute Gasteiger partial charge is 0.365 e. The molecule has 0 spiro atoms. The van der Waals surface area contributed by atoms with Gasteiger partial charge in [0.15, 0.2) is 11.8 Å². The van der Waals surface area contributed by atoms with Crippen molar-refractivity contribution in [1.29, 1.82) is 0 Å². The van der Waals surface area contributed by atoms with Crippen LogP contribution >= 0.6 is 0 Å². The van der Waals surface area contributed by atoms with E-state index in [-0.39, 0.29) is 50.0 Å². The molecular formula is C21H39N15O4. The summed E-state index contributed by atoms with van der Waals surface area (Å²) in [6, 6.07) is -0.206. The van der Waals surface area contributed by atoms with E-state index in [0.29, 0.717) is 18.2 Å². The van der Waals surface area contributed by atoms with Gasteiger partial charge in [0, 0.05) is 40.0 Å². The largest absolute Gasteiger partial charge is 0.383 e. The minimum absolute atomic E-state index is 0. The molecule has 1 aliphatic rings. The van der Waals surface area contributed by atoms with Crippen molar-refractivity contribution in [2.75, 3.05) is 30.9 Å². The van der Waals surface area contributed by atoms with Gasteiger partial charge in [0.05, 0.1) is 0 Å². The molecule has 222 valence electrons. The van der Waals surface area contributed by atoms with Gasteiger partial charge in [-0.2, -0.15) is 20.1 Å². The minimum Gasteiger partial charge on any atom is -0.383 e. The molecule has 0 saturated heterocycles. The van der Waals surface area contributed by atoms with Crippen molar-refractivity contribution in [1.82, 2.24) is 49.1 Å². The highest BCUT2D eigenvalue weighted by Crippen LogP contribution is 1.99. The zero-order chi connectivity index (χ0) is 29.2. The highest BCUT2D eigenvalue weighted by atomic mass is 16.2. The molecule has 0 unspecified atom stereocenters. The van der Waals surface area contributed by atoms with E-state index in [1.165, 1.54) is 27.4 Å². The Morgan fingerprint density at radius 1 is 0.800 bits per heavy atom. The summed E-state index contributed by atoms with van der Waals surface area (Å²) in [5, 5.41) is 6.13. The maximum absolute atomic E-state index is 10.8. The molecule has 4 heterocycles. The lowest BCUT2D eigenvalue weighted by Crippen LogP contribution is -2.48. The first-order chi connectivity index (χ1) is 17.6. The average molecular weight is 566 g/mol. The number of nitrogens with zero attached hydrogens (tertiary/aromatic N) is 10. The first-order valence-electron chi connectivity index (χ1n) is 10.6. The highest BCUT2D eigenvalue weighted by molar-refractivity contribution is 5.96. The number of aliphatic imine (C=N–C) groups is 1. The lowest BCUT2D eigenvalue weighted by molar-refractivity contribution is 0.212. The second-order valence-electron chi connectivity index (χ2n) is 7.61. The van der Waals surface area contributed by atoms with Gasteiger partial charge in [-0.1, -0.05) is 14.9 Å². The van der Waals surface area contributed by atoms with E-state index in [9.17, 15) is 19.2 Å². The second kappa shape index (κ2) is 16.5. The fraction of sp³-hybridized carbons (Fsp3) is 0.429. The van der Waals surface area contributed by atoms with Crippen molar-refractivity contribution in [2.45, 2.75) is 28.7 Å². The van der Waals surface area contributed by atoms with E-state index in [1.54, 1.807) is 34.3 Å². The van der Waals surface area contributed by atoms with Crippen LogP contribution in [0.2, 0.25) is 0 Å². The molecule has 0 bridgehead atoms. The van der Waals surface area contributed by atoms with E-state index in [0.717, 1.165) is 10.2 Å². The van der Waals surface area contributed by atoms with Gasteiger partial charge < -0.3 is 32.4 Å². The Labute approximate surface area is 230 Å². The molecule has 0 radical (unpaired) electrons. The van der Waals surface area contributed by atoms with E-state index < -0.39 is 5.69 Å². The molecule has 3 aromatic rings. The summed E-state index contributed by atoms with van der Waals surface area (Å²) in [6.07, 6.45) is 2.98. The number of amides is 2. The van der Waals surface area contributed by atoms with E-state index >= 15 is 0 Å². The van der Waals surface area contributed by atoms with Crippen LogP contribution in [0, 0.1) is 13.8 Å². The lowest BCUT2D eigenvalue weighted by Gasteiger charge is -2.19. The van der Waals surface area contributed by atoms with Crippen molar-refractivity contribution < 1.29 is 4.79 Å². The molecule has 2 amide bonds. The Kier molecular flexibility index (Phi) is 15.2. The molecule has 0 aromatic carbocycles. The number of carbonyl (C=O) groups is 1. The standard InChI is InChI=1S/C6H9N3O.C5H8N4O.C4H8N4O.C4H6N4O.2CH4/c1-4-3-9(2)6(10)8-5(4)7;1-3-4(6)7-5(10)9(2)8-3;2*1-8-2-6-3(5)7-4(8)9;;/h3H,1-2H3,(H2,7,8,10);1-2H3,(H2,6,7,10);2H2,1H3,(H3,5,6,7,9);2H,1H3,(H2,5,7,9);2*1H4. The van der Waals surface area contributed by atoms with Gasteiger partial charge in [0.25, 0.3) is 0 Å². The SMILES string of the molecule is C.C.CN1CN=C(N)NC1=O.Cc1cn(C)c(=O)nc1N.Cc1nn(C)c(=O)nc1N.Cn1cnc(N)nc1=O. The molecule has 1 aliphatic heterocycles. The van der Waals surface area contributed by atoms with Crippen molar-refractivity contribution >= 4 is 29.6 Å². The van der Waals surface area contributed by atoms with Crippen molar-refractivity contribution in [2.24, 2.45) is 31.9 Å². The fourth-order valence-electron chi connectivity index (χ4n) is 2.15. The summed E-state index contributed by atoms with van der Waals surface area (Å²) in [5.41, 5.74) is 21.2. The number of rotatable bonds is 0. The highest BCUT2D eigenvalue weighted by Gasteiger charge is 2.12. The molecule has 0 aliphatic carbocycles. The Bertz CT molecular complexity index is 1410. The summed E-state index contributed by atoms with van der Waals surface area (Å²) in [6.45, 7) is 3.85. The fourth-order valence-corrected chi connectivity index (χ4v) is 2.15. The Hall–Kier alpha value is -5.36. The van der Waals surface area contributed by atoms with E-state index in [2.05, 4.69) is 35.3 Å². The molecular weight excluding hydrogens is 526 g/mol. The number of anilines is 3. The average Bonchev–Trinajstić information content (AvgIpc) is 2.83. The molecule has 19 nitrogen and oxygen atoms in total. The molecule has 4 rings (SSSR count). The quantitative estimate of drug-likeness (QED) is 0.191. The minimum atomic E-state index is -0.428. The summed E-state index contributed by atoms with van der Waals surface area (Å²) < 4.78 is 3.79. The molecule has 0 saturated carbocycles. The van der Waals surface area contributed by atoms with Crippen molar-refractivity contribution in [3.63, 3.8) is 0 Å². The van der Waals surface area contributed by atoms with Crippen LogP contribution in [-0.4, -0.2) is 69.5 Å². The third-order valence-corrected chi connectivity index (χ3v) is 4.38. The maximum Gasteiger partial charge on any atom is 0.365 e. The number of urea groups is 1. The first kappa shape index (κ1) is 36.8. The normalized spacial score (nSPS) is 11.3. The number of nitrogens with two attached hydrogens (primary N) is 4. The number of hydrogen-bond acceptors (Lipinski definition) is 14. The first-order valence-corrected chi connectivity index (χ1v) is 10.6. The number of aromatic nitrogens is 8. The van der Waals surface area contributed by atoms with Crippen LogP contribution in [0.25, 0.3) is 0 Å². The van der Waals surface area contributed by atoms with Gasteiger partial charge in [0.2, 0.25) is 5.95 Å². The molecule has 40 heavy (non-hydrogen) atoms. The monoisotopic (exact) mass is 565 g/mol. The summed E-state index contributed by atoms with van der Waals surface area (Å²) in [4.78, 5) is 61.8. The number of guanidine groups is 1. The van der Waals surface area contributed by atoms with Crippen LogP contribution in [0.5, 0.6) is 0 Å². The van der Waals surface area contributed by atoms with Crippen LogP contribution in [0.1, 0.15) is 26.1 Å². The van der Waals surface area contributed by atoms with Crippen molar-refractivity contribution in [3.8, 4) is 0 Å². The third-order valence-electron chi connectivity index (χ3n) is 4.38. The van der Waals surface area contributed by atoms with Crippen LogP contribution in [0.4, 0.5) is 22.4 Å². The van der Waals surface area contributed by atoms with E-state index in [1.807, 2.05) is 6.92 Å². The number of nitrogens with one attached hydrogen (secondary N) is 1. The number of hydrogen-bond donors (Lipinski definition) is 5. The zero-order valence-electron chi connectivity index (χ0n) is 21.8. The van der Waals surface area contributed by atoms with Gasteiger partial charge in [0.1, 0.15) is 24.5 Å². The van der Waals surface area contributed by atoms with Gasteiger partial charge in [-0.15, -0.1) is 0 Å². The topological polar surface area (TPSA) is 279 Å². The molecule has 0 fully saturated rings. The Balaban J connectivity index is 0. The van der Waals surface area contributed by atoms with Crippen molar-refractivity contribution in [3.05, 3.63) is 55.2 Å². The van der Waals surface area contributed by atoms with Crippen LogP contribution in [0.3, 0.4) is 0 Å². The number of nitrogen functional groups attached to an aromatic ring is 3. The van der Waals surface area contributed by atoms with Gasteiger partial charge >= 0.3 is 23.1 Å². The van der Waals surface area contributed by atoms with Crippen LogP contribution in [0.15, 0.2) is 31.9 Å². The summed E-state index contributed by atoms with van der Waals surface area (Å²) in [7, 11) is 6.37. The molecule has 3 aromatic heterocycles. The summed E-state index contributed by atoms with van der Waals surface area (Å²) in [5.74, 6) is 0.711. The van der Waals surface area contributed by atoms with E-state index in [4.69, 9.17) is 22.9 Å². The van der Waals surface area contributed by atoms with Gasteiger partial charge in [-0.3, -0.25) is 9.88 Å². The van der Waals surface area contributed by atoms with Gasteiger partial charge in [-0.25, -0.2) is 33.8 Å². The second-order valence-corrected chi connectivity index (χ2v) is 7.61. The zero-order valence-corrected chi connectivity index (χ0v) is 21.8. The van der Waals surface area contributed by atoms with Crippen LogP contribution in [-0.2, 0) is 21.1 Å². The summed E-state index contributed by atoms with van der Waals surface area (Å²) >= 11 is 0. The number of carbonyl (C=O) groups excluding carboxylic acids is 1. The maximum atomic E-state index is 10.8. The Morgan fingerprint density at radius 2 is 1.35 bits per heavy atom. The Morgan fingerprint density at radius 3 is 1.80 bits per heavy atom. The lowest BCUT2D eigenvalue weighted by atomic mass is 10.3. The van der Waals surface area contributed by atoms with Crippen LogP contribution < -0.4 is 45.3 Å². The molecule has 9 N–H and O–H groups in total. The predicted octanol–water partition coefficient (Wildman–Crippen LogP) is -2.32. The third kappa shape index (κ3) is 11.8. The molecule has 0 atom stereocenters.